The van der Waals surface area contributed by atoms with Crippen LogP contribution in [0.4, 0.5) is 0 Å². The number of rotatable bonds is 44. The Bertz CT molecular complexity index is 1320. The zero-order valence-electron chi connectivity index (χ0n) is 43.1. The van der Waals surface area contributed by atoms with Crippen LogP contribution in [-0.2, 0) is 23.0 Å². The monoisotopic (exact) mass is 961 g/mol. The van der Waals surface area contributed by atoms with Gasteiger partial charge < -0.3 is 10.2 Å². The molecular formula is C58H104O2S4. The van der Waals surface area contributed by atoms with Gasteiger partial charge in [-0.3, -0.25) is 0 Å². The van der Waals surface area contributed by atoms with E-state index in [9.17, 15) is 10.2 Å². The van der Waals surface area contributed by atoms with Gasteiger partial charge in [-0.2, -0.15) is 47.0 Å². The fourth-order valence-electron chi connectivity index (χ4n) is 8.35. The molecule has 64 heavy (non-hydrogen) atoms. The van der Waals surface area contributed by atoms with E-state index in [1.54, 1.807) is 0 Å². The Morgan fingerprint density at radius 1 is 0.297 bits per heavy atom. The highest BCUT2D eigenvalue weighted by molar-refractivity contribution is 7.99. The molecule has 6 heteroatoms. The van der Waals surface area contributed by atoms with Gasteiger partial charge in [-0.15, -0.1) is 0 Å². The van der Waals surface area contributed by atoms with E-state index in [1.807, 2.05) is 42.2 Å². The Balaban J connectivity index is 0.000000660. The average molecular weight is 962 g/mol. The number of phenols is 2. The molecule has 0 saturated carbocycles. The fourth-order valence-corrected chi connectivity index (χ4v) is 12.2. The summed E-state index contributed by atoms with van der Waals surface area (Å²) in [4.78, 5) is 0. The zero-order valence-corrected chi connectivity index (χ0v) is 46.4. The molecule has 0 aliphatic heterocycles. The van der Waals surface area contributed by atoms with Crippen molar-refractivity contribution in [2.24, 2.45) is 0 Å². The minimum Gasteiger partial charge on any atom is -0.507 e. The van der Waals surface area contributed by atoms with Gasteiger partial charge in [0.15, 0.2) is 0 Å². The lowest BCUT2D eigenvalue weighted by Crippen LogP contribution is -1.92. The third kappa shape index (κ3) is 35.6. The predicted octanol–water partition coefficient (Wildman–Crippen LogP) is 20.9. The van der Waals surface area contributed by atoms with E-state index < -0.39 is 0 Å². The minimum atomic E-state index is 0.514. The normalized spacial score (nSPS) is 11.3. The Hall–Kier alpha value is -0.560. The standard InChI is InChI=1S/C33H60OS2.C25H44OS2/c1-4-6-8-10-12-14-16-18-20-22-24-35-28-31-26-30(3)33(34)32(27-31)29-36-25-23-21-19-17-15-13-11-9-7-5-2;1-4-6-8-10-12-14-16-27-20-23-18-22(3)25(26)24(19-23)21-28-17-15-13-11-9-7-5-2/h26-27,34H,4-25,28-29H2,1-3H3;18-19,26H,4-17,20-21H2,1-3H3. The van der Waals surface area contributed by atoms with Crippen molar-refractivity contribution in [3.8, 4) is 11.5 Å². The van der Waals surface area contributed by atoms with Crippen LogP contribution in [0.2, 0.25) is 0 Å². The molecule has 0 aliphatic rings. The number of unbranched alkanes of at least 4 members (excludes halogenated alkanes) is 28. The molecule has 2 rings (SSSR count). The summed E-state index contributed by atoms with van der Waals surface area (Å²) in [6.07, 6.45) is 44.4. The van der Waals surface area contributed by atoms with Crippen LogP contribution in [0.5, 0.6) is 11.5 Å². The summed E-state index contributed by atoms with van der Waals surface area (Å²) in [5, 5.41) is 21.0. The number of aromatic hydroxyl groups is 2. The van der Waals surface area contributed by atoms with Crippen molar-refractivity contribution >= 4 is 47.0 Å². The highest BCUT2D eigenvalue weighted by Crippen LogP contribution is 2.31. The molecule has 0 radical (unpaired) electrons. The molecule has 2 N–H and O–H groups in total. The van der Waals surface area contributed by atoms with Crippen LogP contribution >= 0.6 is 47.0 Å². The Kier molecular flexibility index (Phi) is 44.3. The smallest absolute Gasteiger partial charge is 0.122 e. The van der Waals surface area contributed by atoms with E-state index in [0.29, 0.717) is 11.5 Å². The summed E-state index contributed by atoms with van der Waals surface area (Å²) in [5.74, 6) is 10.0. The third-order valence-corrected chi connectivity index (χ3v) is 16.9. The van der Waals surface area contributed by atoms with Gasteiger partial charge in [0.1, 0.15) is 11.5 Å². The summed E-state index contributed by atoms with van der Waals surface area (Å²) in [6, 6.07) is 8.87. The number of benzene rings is 2. The first kappa shape index (κ1) is 61.5. The van der Waals surface area contributed by atoms with Gasteiger partial charge >= 0.3 is 0 Å². The highest BCUT2D eigenvalue weighted by atomic mass is 32.2. The molecule has 0 aromatic heterocycles. The number of phenolic OH excluding ortho intramolecular Hbond substituents is 2. The third-order valence-electron chi connectivity index (χ3n) is 12.5. The largest absolute Gasteiger partial charge is 0.507 e. The minimum absolute atomic E-state index is 0.514. The number of thioether (sulfide) groups is 4. The topological polar surface area (TPSA) is 40.5 Å². The lowest BCUT2D eigenvalue weighted by Gasteiger charge is -2.11. The van der Waals surface area contributed by atoms with E-state index in [0.717, 1.165) is 45.3 Å². The van der Waals surface area contributed by atoms with Crippen LogP contribution in [0.3, 0.4) is 0 Å². The van der Waals surface area contributed by atoms with Crippen molar-refractivity contribution < 1.29 is 10.2 Å². The van der Waals surface area contributed by atoms with Gasteiger partial charge in [0.2, 0.25) is 0 Å². The van der Waals surface area contributed by atoms with Gasteiger partial charge in [-0.1, -0.05) is 232 Å². The van der Waals surface area contributed by atoms with Crippen LogP contribution < -0.4 is 0 Å². The summed E-state index contributed by atoms with van der Waals surface area (Å²) in [6.45, 7) is 13.2. The van der Waals surface area contributed by atoms with Crippen molar-refractivity contribution in [1.29, 1.82) is 0 Å². The predicted molar refractivity (Wildman–Crippen MR) is 301 cm³/mol. The molecular weight excluding hydrogens is 857 g/mol. The maximum Gasteiger partial charge on any atom is 0.122 e. The fraction of sp³-hybridized carbons (Fsp3) is 0.793. The van der Waals surface area contributed by atoms with Crippen molar-refractivity contribution in [2.45, 2.75) is 270 Å². The molecule has 2 aromatic carbocycles. The van der Waals surface area contributed by atoms with E-state index in [-0.39, 0.29) is 0 Å². The molecule has 0 unspecified atom stereocenters. The van der Waals surface area contributed by atoms with Gasteiger partial charge in [-0.25, -0.2) is 0 Å². The average Bonchev–Trinajstić information content (AvgIpc) is 3.29. The second-order valence-corrected chi connectivity index (χ2v) is 23.4. The maximum atomic E-state index is 10.6. The Morgan fingerprint density at radius 2 is 0.516 bits per heavy atom. The maximum absolute atomic E-state index is 10.6. The van der Waals surface area contributed by atoms with Crippen LogP contribution in [0.15, 0.2) is 24.3 Å². The first-order valence-electron chi connectivity index (χ1n) is 27.3. The highest BCUT2D eigenvalue weighted by Gasteiger charge is 2.10. The quantitative estimate of drug-likeness (QED) is 0.0645. The number of hydrogen-bond donors (Lipinski definition) is 2. The summed E-state index contributed by atoms with van der Waals surface area (Å²) >= 11 is 8.08. The van der Waals surface area contributed by atoms with Gasteiger partial charge in [-0.05, 0) is 84.8 Å². The Labute approximate surface area is 416 Å². The lowest BCUT2D eigenvalue weighted by molar-refractivity contribution is 0.466. The van der Waals surface area contributed by atoms with E-state index in [4.69, 9.17) is 0 Å². The first-order chi connectivity index (χ1) is 31.4. The van der Waals surface area contributed by atoms with Crippen LogP contribution in [0.1, 0.15) is 267 Å². The molecule has 0 heterocycles. The lowest BCUT2D eigenvalue weighted by atomic mass is 10.1. The summed E-state index contributed by atoms with van der Waals surface area (Å²) in [5.41, 5.74) is 7.11. The second-order valence-electron chi connectivity index (χ2n) is 19.0. The molecule has 2 aromatic rings. The van der Waals surface area contributed by atoms with Crippen molar-refractivity contribution in [1.82, 2.24) is 0 Å². The van der Waals surface area contributed by atoms with Crippen LogP contribution in [-0.4, -0.2) is 33.2 Å². The van der Waals surface area contributed by atoms with Crippen molar-refractivity contribution in [3.05, 3.63) is 57.6 Å². The van der Waals surface area contributed by atoms with E-state index >= 15 is 0 Å². The molecule has 0 amide bonds. The Morgan fingerprint density at radius 3 is 0.766 bits per heavy atom. The number of aryl methyl sites for hydroxylation is 2. The van der Waals surface area contributed by atoms with Crippen LogP contribution in [0, 0.1) is 13.8 Å². The molecule has 0 atom stereocenters. The molecule has 0 fully saturated rings. The molecule has 2 nitrogen and oxygen atoms in total. The van der Waals surface area contributed by atoms with E-state index in [2.05, 4.69) is 70.6 Å². The molecule has 0 aliphatic carbocycles. The molecule has 0 saturated heterocycles. The van der Waals surface area contributed by atoms with Gasteiger partial charge in [0, 0.05) is 34.1 Å². The van der Waals surface area contributed by atoms with Gasteiger partial charge in [0.25, 0.3) is 0 Å². The summed E-state index contributed by atoms with van der Waals surface area (Å²) < 4.78 is 0. The molecule has 0 bridgehead atoms. The van der Waals surface area contributed by atoms with Gasteiger partial charge in [0.05, 0.1) is 0 Å². The SMILES string of the molecule is CCCCCCCCCCCCSCc1cc(C)c(O)c(CSCCCCCCCCCCCC)c1.CCCCCCCCSCc1cc(C)c(O)c(CSCCCCCCCC)c1. The van der Waals surface area contributed by atoms with E-state index in [1.165, 1.54) is 240 Å². The number of hydrogen-bond acceptors (Lipinski definition) is 6. The molecule has 0 spiro atoms. The van der Waals surface area contributed by atoms with Crippen molar-refractivity contribution in [3.63, 3.8) is 0 Å². The second kappa shape index (κ2) is 46.2. The summed E-state index contributed by atoms with van der Waals surface area (Å²) in [7, 11) is 0. The zero-order chi connectivity index (χ0) is 46.6. The molecule has 372 valence electrons. The van der Waals surface area contributed by atoms with Crippen LogP contribution in [0.25, 0.3) is 0 Å². The van der Waals surface area contributed by atoms with Crippen molar-refractivity contribution in [2.75, 3.05) is 23.0 Å². The first-order valence-corrected chi connectivity index (χ1v) is 31.9.